The first-order chi connectivity index (χ1) is 13.5. The summed E-state index contributed by atoms with van der Waals surface area (Å²) < 4.78 is 5.40. The van der Waals surface area contributed by atoms with Crippen molar-refractivity contribution in [3.8, 4) is 0 Å². The van der Waals surface area contributed by atoms with Crippen LogP contribution in [0.15, 0.2) is 24.4 Å². The Hall–Kier alpha value is -1.85. The fourth-order valence-corrected chi connectivity index (χ4v) is 4.03. The number of pyridine rings is 1. The van der Waals surface area contributed by atoms with Crippen molar-refractivity contribution in [3.05, 3.63) is 40.1 Å². The van der Waals surface area contributed by atoms with Crippen LogP contribution >= 0.6 is 23.2 Å². The van der Waals surface area contributed by atoms with E-state index in [2.05, 4.69) is 10.3 Å². The number of amides is 1. The maximum Gasteiger partial charge on any atom is 0.328 e. The van der Waals surface area contributed by atoms with E-state index in [0.29, 0.717) is 22.6 Å². The zero-order valence-electron chi connectivity index (χ0n) is 15.8. The van der Waals surface area contributed by atoms with E-state index < -0.39 is 6.04 Å². The number of nitrogens with one attached hydrogen (secondary N) is 1. The summed E-state index contributed by atoms with van der Waals surface area (Å²) in [6.07, 6.45) is 7.20. The van der Waals surface area contributed by atoms with Crippen molar-refractivity contribution in [1.29, 1.82) is 0 Å². The first kappa shape index (κ1) is 20.9. The zero-order valence-corrected chi connectivity index (χ0v) is 17.4. The summed E-state index contributed by atoms with van der Waals surface area (Å²) in [6.45, 7) is 2.42. The minimum Gasteiger partial charge on any atom is -0.464 e. The van der Waals surface area contributed by atoms with Crippen LogP contribution in [-0.4, -0.2) is 29.5 Å². The third kappa shape index (κ3) is 4.76. The van der Waals surface area contributed by atoms with Crippen LogP contribution in [0, 0.1) is 5.92 Å². The van der Waals surface area contributed by atoms with E-state index in [-0.39, 0.29) is 22.9 Å². The second kappa shape index (κ2) is 9.57. The van der Waals surface area contributed by atoms with E-state index in [9.17, 15) is 9.59 Å². The monoisotopic (exact) mass is 422 g/mol. The van der Waals surface area contributed by atoms with E-state index in [1.807, 2.05) is 6.92 Å². The number of ether oxygens (including phenoxy) is 1. The molecule has 1 saturated carbocycles. The lowest BCUT2D eigenvalue weighted by Gasteiger charge is -2.23. The van der Waals surface area contributed by atoms with Crippen LogP contribution in [0.2, 0.25) is 10.2 Å². The van der Waals surface area contributed by atoms with E-state index in [4.69, 9.17) is 27.9 Å². The zero-order chi connectivity index (χ0) is 20.1. The molecule has 1 aromatic heterocycles. The van der Waals surface area contributed by atoms with Crippen LogP contribution in [-0.2, 0) is 9.53 Å². The van der Waals surface area contributed by atoms with Gasteiger partial charge in [-0.3, -0.25) is 4.79 Å². The van der Waals surface area contributed by atoms with Gasteiger partial charge >= 0.3 is 5.97 Å². The predicted octanol–water partition coefficient (Wildman–Crippen LogP) is 5.17. The molecule has 7 heteroatoms. The van der Waals surface area contributed by atoms with Crippen LogP contribution in [0.3, 0.4) is 0 Å². The summed E-state index contributed by atoms with van der Waals surface area (Å²) >= 11 is 12.3. The number of halogens is 2. The van der Waals surface area contributed by atoms with Gasteiger partial charge in [-0.25, -0.2) is 9.78 Å². The topological polar surface area (TPSA) is 68.3 Å². The number of rotatable bonds is 7. The first-order valence-electron chi connectivity index (χ1n) is 9.72. The summed E-state index contributed by atoms with van der Waals surface area (Å²) in [5.41, 5.74) is 0.405. The van der Waals surface area contributed by atoms with Gasteiger partial charge < -0.3 is 10.1 Å². The van der Waals surface area contributed by atoms with Crippen molar-refractivity contribution in [2.45, 2.75) is 51.5 Å². The molecule has 1 fully saturated rings. The van der Waals surface area contributed by atoms with Crippen molar-refractivity contribution in [3.63, 3.8) is 0 Å². The SMILES string of the molecule is CCCCOC(=O)[C@@H](NC(=O)c1ccc2c(Cl)cnc(Cl)c2c1)C1CCCC1. The summed E-state index contributed by atoms with van der Waals surface area (Å²) in [6, 6.07) is 4.44. The molecule has 0 spiro atoms. The van der Waals surface area contributed by atoms with Crippen molar-refractivity contribution < 1.29 is 14.3 Å². The largest absolute Gasteiger partial charge is 0.464 e. The third-order valence-corrected chi connectivity index (χ3v) is 5.81. The highest BCUT2D eigenvalue weighted by molar-refractivity contribution is 6.39. The van der Waals surface area contributed by atoms with Gasteiger partial charge in [0, 0.05) is 22.5 Å². The highest BCUT2D eigenvalue weighted by Crippen LogP contribution is 2.30. The average Bonchev–Trinajstić information content (AvgIpc) is 3.23. The van der Waals surface area contributed by atoms with Gasteiger partial charge in [0.15, 0.2) is 0 Å². The molecule has 0 aliphatic heterocycles. The Labute approximate surface area is 174 Å². The fraction of sp³-hybridized carbons (Fsp3) is 0.476. The quantitative estimate of drug-likeness (QED) is 0.379. The molecular formula is C21H24Cl2N2O3. The molecule has 1 aliphatic carbocycles. The van der Waals surface area contributed by atoms with Crippen molar-refractivity contribution >= 4 is 45.9 Å². The molecule has 3 rings (SSSR count). The van der Waals surface area contributed by atoms with Crippen LogP contribution < -0.4 is 5.32 Å². The van der Waals surface area contributed by atoms with Gasteiger partial charge in [0.1, 0.15) is 11.2 Å². The van der Waals surface area contributed by atoms with E-state index >= 15 is 0 Å². The number of carbonyl (C=O) groups excluding carboxylic acids is 2. The Bertz CT molecular complexity index is 866. The number of unbranched alkanes of at least 4 members (excludes halogenated alkanes) is 1. The molecule has 0 saturated heterocycles. The average molecular weight is 423 g/mol. The molecule has 2 aromatic rings. The number of benzene rings is 1. The van der Waals surface area contributed by atoms with Crippen molar-refractivity contribution in [2.24, 2.45) is 5.92 Å². The molecule has 1 heterocycles. The molecule has 5 nitrogen and oxygen atoms in total. The summed E-state index contributed by atoms with van der Waals surface area (Å²) in [4.78, 5) is 29.5. The first-order valence-corrected chi connectivity index (χ1v) is 10.5. The van der Waals surface area contributed by atoms with E-state index in [1.165, 1.54) is 6.20 Å². The van der Waals surface area contributed by atoms with Crippen molar-refractivity contribution in [1.82, 2.24) is 10.3 Å². The van der Waals surface area contributed by atoms with Gasteiger partial charge in [-0.2, -0.15) is 0 Å². The van der Waals surface area contributed by atoms with E-state index in [1.54, 1.807) is 18.2 Å². The standard InChI is InChI=1S/C21H24Cl2N2O3/c1-2-3-10-28-21(27)18(13-6-4-5-7-13)25-20(26)14-8-9-15-16(11-14)19(23)24-12-17(15)22/h8-9,11-13,18H,2-7,10H2,1H3,(H,25,26)/t18-/m0/s1. The molecule has 0 bridgehead atoms. The Morgan fingerprint density at radius 1 is 1.25 bits per heavy atom. The number of carbonyl (C=O) groups is 2. The molecule has 0 radical (unpaired) electrons. The van der Waals surface area contributed by atoms with Gasteiger partial charge in [-0.1, -0.05) is 55.5 Å². The normalized spacial score (nSPS) is 15.5. The molecule has 1 aliphatic rings. The molecule has 0 unspecified atom stereocenters. The second-order valence-electron chi connectivity index (χ2n) is 7.17. The number of esters is 1. The van der Waals surface area contributed by atoms with Crippen LogP contribution in [0.4, 0.5) is 0 Å². The van der Waals surface area contributed by atoms with Crippen LogP contribution in [0.25, 0.3) is 10.8 Å². The van der Waals surface area contributed by atoms with Crippen LogP contribution in [0.1, 0.15) is 55.8 Å². The van der Waals surface area contributed by atoms with Gasteiger partial charge in [0.25, 0.3) is 5.91 Å². The Kier molecular flexibility index (Phi) is 7.13. The molecule has 28 heavy (non-hydrogen) atoms. The minimum absolute atomic E-state index is 0.109. The molecule has 1 amide bonds. The maximum atomic E-state index is 12.9. The number of aromatic nitrogens is 1. The Balaban J connectivity index is 1.80. The fourth-order valence-electron chi connectivity index (χ4n) is 3.61. The maximum absolute atomic E-state index is 12.9. The van der Waals surface area contributed by atoms with Crippen LogP contribution in [0.5, 0.6) is 0 Å². The highest BCUT2D eigenvalue weighted by atomic mass is 35.5. The lowest BCUT2D eigenvalue weighted by atomic mass is 9.97. The summed E-state index contributed by atoms with van der Waals surface area (Å²) in [5, 5.41) is 4.96. The number of hydrogen-bond acceptors (Lipinski definition) is 4. The smallest absolute Gasteiger partial charge is 0.328 e. The minimum atomic E-state index is -0.629. The third-order valence-electron chi connectivity index (χ3n) is 5.21. The molecule has 1 aromatic carbocycles. The van der Waals surface area contributed by atoms with Crippen molar-refractivity contribution in [2.75, 3.05) is 6.61 Å². The Morgan fingerprint density at radius 3 is 2.71 bits per heavy atom. The number of hydrogen-bond donors (Lipinski definition) is 1. The second-order valence-corrected chi connectivity index (χ2v) is 7.94. The van der Waals surface area contributed by atoms with Gasteiger partial charge in [-0.15, -0.1) is 0 Å². The number of nitrogens with zero attached hydrogens (tertiary/aromatic N) is 1. The molecule has 1 atom stereocenters. The highest BCUT2D eigenvalue weighted by Gasteiger charge is 2.33. The summed E-state index contributed by atoms with van der Waals surface area (Å²) in [7, 11) is 0. The molecule has 1 N–H and O–H groups in total. The lowest BCUT2D eigenvalue weighted by molar-refractivity contribution is -0.147. The van der Waals surface area contributed by atoms with Gasteiger partial charge in [-0.05, 0) is 37.3 Å². The van der Waals surface area contributed by atoms with E-state index in [0.717, 1.165) is 43.9 Å². The van der Waals surface area contributed by atoms with Gasteiger partial charge in [0.05, 0.1) is 11.6 Å². The predicted molar refractivity (Wildman–Crippen MR) is 111 cm³/mol. The Morgan fingerprint density at radius 2 is 2.00 bits per heavy atom. The number of fused-ring (bicyclic) bond motifs is 1. The molecular weight excluding hydrogens is 399 g/mol. The molecule has 150 valence electrons. The summed E-state index contributed by atoms with van der Waals surface area (Å²) in [5.74, 6) is -0.572. The lowest BCUT2D eigenvalue weighted by Crippen LogP contribution is -2.46. The van der Waals surface area contributed by atoms with Gasteiger partial charge in [0.2, 0.25) is 0 Å².